The van der Waals surface area contributed by atoms with Crippen LogP contribution in [0.15, 0.2) is 72.8 Å². The molecule has 0 bridgehead atoms. The van der Waals surface area contributed by atoms with Gasteiger partial charge in [-0.05, 0) is 45.7 Å². The summed E-state index contributed by atoms with van der Waals surface area (Å²) in [5, 5.41) is 3.23. The Morgan fingerprint density at radius 1 is 0.643 bits per heavy atom. The second-order valence-corrected chi connectivity index (χ2v) is 13.8. The minimum Gasteiger partial charge on any atom is -0.321 e. The monoisotopic (exact) mass is 384 g/mol. The molecule has 3 heteroatoms. The largest absolute Gasteiger partial charge is 0.321 e. The van der Waals surface area contributed by atoms with Crippen molar-refractivity contribution in [3.8, 4) is 0 Å². The van der Waals surface area contributed by atoms with Crippen LogP contribution in [0.3, 0.4) is 0 Å². The van der Waals surface area contributed by atoms with Gasteiger partial charge in [-0.2, -0.15) is 0 Å². The van der Waals surface area contributed by atoms with Gasteiger partial charge in [-0.15, -0.1) is 0 Å². The molecule has 3 aromatic carbocycles. The van der Waals surface area contributed by atoms with Crippen LogP contribution in [0.4, 0.5) is 22.7 Å². The molecule has 0 atom stereocenters. The topological polar surface area (TPSA) is 6.48 Å². The quantitative estimate of drug-likeness (QED) is 0.540. The van der Waals surface area contributed by atoms with Crippen molar-refractivity contribution >= 4 is 41.2 Å². The molecule has 2 heterocycles. The lowest BCUT2D eigenvalue weighted by molar-refractivity contribution is 0.920. The lowest BCUT2D eigenvalue weighted by Crippen LogP contribution is -2.66. The fraction of sp³-hybridized carbons (Fsp3) is 0.280. The Balaban J connectivity index is 1.83. The molecule has 0 amide bonds. The van der Waals surface area contributed by atoms with Gasteiger partial charge in [-0.3, -0.25) is 0 Å². The third-order valence-corrected chi connectivity index (χ3v) is 13.1. The van der Waals surface area contributed by atoms with Crippen molar-refractivity contribution in [2.75, 3.05) is 16.5 Å². The summed E-state index contributed by atoms with van der Waals surface area (Å²) < 4.78 is 0. The number of nitrogens with zero attached hydrogens (tertiary/aromatic N) is 2. The summed E-state index contributed by atoms with van der Waals surface area (Å²) >= 11 is 0. The van der Waals surface area contributed by atoms with Crippen LogP contribution in [0.1, 0.15) is 27.7 Å². The van der Waals surface area contributed by atoms with Gasteiger partial charge in [0.25, 0.3) is 0 Å². The molecule has 2 aliphatic heterocycles. The van der Waals surface area contributed by atoms with E-state index in [4.69, 9.17) is 0 Å². The fourth-order valence-corrected chi connectivity index (χ4v) is 11.9. The van der Waals surface area contributed by atoms with E-state index in [0.29, 0.717) is 11.1 Å². The number of hydrogen-bond acceptors (Lipinski definition) is 2. The third-order valence-electron chi connectivity index (χ3n) is 6.83. The lowest BCUT2D eigenvalue weighted by atomic mass is 10.2. The number of hydrogen-bond donors (Lipinski definition) is 0. The number of para-hydroxylation sites is 3. The molecule has 3 aromatic rings. The molecule has 5 rings (SSSR count). The molecule has 0 N–H and O–H groups in total. The van der Waals surface area contributed by atoms with E-state index < -0.39 is 8.07 Å². The summed E-state index contributed by atoms with van der Waals surface area (Å²) in [7, 11) is -1.91. The van der Waals surface area contributed by atoms with Crippen LogP contribution >= 0.6 is 0 Å². The molecule has 0 saturated carbocycles. The minimum atomic E-state index is -1.91. The molecule has 0 saturated heterocycles. The van der Waals surface area contributed by atoms with Gasteiger partial charge < -0.3 is 9.80 Å². The van der Waals surface area contributed by atoms with E-state index in [1.807, 2.05) is 0 Å². The minimum absolute atomic E-state index is 0.646. The molecule has 0 fully saturated rings. The van der Waals surface area contributed by atoms with Crippen molar-refractivity contribution in [2.45, 2.75) is 38.8 Å². The molecule has 0 radical (unpaired) electrons. The molecule has 2 nitrogen and oxygen atoms in total. The Bertz CT molecular complexity index is 1020. The van der Waals surface area contributed by atoms with E-state index in [-0.39, 0.29) is 0 Å². The molecular formula is C25H28N2Si. The van der Waals surface area contributed by atoms with Crippen LogP contribution in [0.25, 0.3) is 0 Å². The predicted molar refractivity (Wildman–Crippen MR) is 124 cm³/mol. The number of benzene rings is 3. The number of rotatable bonds is 3. The zero-order valence-electron chi connectivity index (χ0n) is 17.2. The first kappa shape index (κ1) is 17.6. The summed E-state index contributed by atoms with van der Waals surface area (Å²) in [6.07, 6.45) is 0. The van der Waals surface area contributed by atoms with E-state index in [9.17, 15) is 0 Å². The summed E-state index contributed by atoms with van der Waals surface area (Å²) in [6, 6.07) is 27.0. The van der Waals surface area contributed by atoms with Crippen molar-refractivity contribution in [1.29, 1.82) is 0 Å². The van der Waals surface area contributed by atoms with Crippen molar-refractivity contribution in [3.05, 3.63) is 72.8 Å². The average Bonchev–Trinajstić information content (AvgIpc) is 3.10. The van der Waals surface area contributed by atoms with Crippen molar-refractivity contribution in [2.24, 2.45) is 0 Å². The van der Waals surface area contributed by atoms with Gasteiger partial charge in [0.2, 0.25) is 0 Å². The average molecular weight is 385 g/mol. The van der Waals surface area contributed by atoms with Crippen LogP contribution in [-0.4, -0.2) is 14.7 Å². The molecule has 28 heavy (non-hydrogen) atoms. The van der Waals surface area contributed by atoms with Crippen molar-refractivity contribution in [3.63, 3.8) is 0 Å². The number of anilines is 4. The van der Waals surface area contributed by atoms with E-state index in [0.717, 1.165) is 6.67 Å². The van der Waals surface area contributed by atoms with Crippen LogP contribution in [0.2, 0.25) is 11.1 Å². The summed E-state index contributed by atoms with van der Waals surface area (Å²) in [6.45, 7) is 10.7. The van der Waals surface area contributed by atoms with E-state index >= 15 is 0 Å². The van der Waals surface area contributed by atoms with Crippen LogP contribution in [-0.2, 0) is 0 Å². The zero-order chi connectivity index (χ0) is 19.5. The lowest BCUT2D eigenvalue weighted by Gasteiger charge is -2.47. The maximum atomic E-state index is 2.56. The molecule has 0 aliphatic carbocycles. The summed E-state index contributed by atoms with van der Waals surface area (Å²) in [4.78, 5) is 5.03. The Morgan fingerprint density at radius 3 is 1.96 bits per heavy atom. The highest BCUT2D eigenvalue weighted by molar-refractivity contribution is 7.06. The first-order valence-corrected chi connectivity index (χ1v) is 12.6. The van der Waals surface area contributed by atoms with Crippen molar-refractivity contribution < 1.29 is 0 Å². The standard InChI is InChI=1S/C25H28N2Si/c1-18(2)28(19(3)4)23-15-9-8-13-21(23)27-17-26(20-11-6-5-7-12-20)22-14-10-16-24(28)25(22)27/h5-16,18-19H,17H2,1-4H3. The van der Waals surface area contributed by atoms with Gasteiger partial charge in [-0.1, -0.05) is 76.2 Å². The highest BCUT2D eigenvalue weighted by Crippen LogP contribution is 2.49. The Kier molecular flexibility index (Phi) is 3.92. The SMILES string of the molecule is CC(C)[Si]1(C(C)C)c2ccccc2N2CN(c3ccccc3)c3cccc1c32. The first-order valence-electron chi connectivity index (χ1n) is 10.4. The maximum Gasteiger partial charge on any atom is 0.128 e. The Morgan fingerprint density at radius 2 is 1.25 bits per heavy atom. The van der Waals surface area contributed by atoms with Crippen molar-refractivity contribution in [1.82, 2.24) is 0 Å². The predicted octanol–water partition coefficient (Wildman–Crippen LogP) is 5.63. The second-order valence-electron chi connectivity index (χ2n) is 8.70. The smallest absolute Gasteiger partial charge is 0.128 e. The molecule has 2 aliphatic rings. The molecular weight excluding hydrogens is 356 g/mol. The first-order chi connectivity index (χ1) is 13.6. The molecule has 142 valence electrons. The normalized spacial score (nSPS) is 16.5. The van der Waals surface area contributed by atoms with Gasteiger partial charge in [0, 0.05) is 11.4 Å². The van der Waals surface area contributed by atoms with E-state index in [1.165, 1.54) is 22.7 Å². The highest BCUT2D eigenvalue weighted by atomic mass is 28.3. The van der Waals surface area contributed by atoms with Gasteiger partial charge in [0.1, 0.15) is 14.7 Å². The van der Waals surface area contributed by atoms with E-state index in [1.54, 1.807) is 10.4 Å². The highest BCUT2D eigenvalue weighted by Gasteiger charge is 2.52. The molecule has 0 aromatic heterocycles. The van der Waals surface area contributed by atoms with Gasteiger partial charge >= 0.3 is 0 Å². The van der Waals surface area contributed by atoms with Gasteiger partial charge in [0.15, 0.2) is 0 Å². The Labute approximate surface area is 169 Å². The van der Waals surface area contributed by atoms with Gasteiger partial charge in [0.05, 0.1) is 11.4 Å². The summed E-state index contributed by atoms with van der Waals surface area (Å²) in [5.41, 5.74) is 6.80. The van der Waals surface area contributed by atoms with Crippen LogP contribution in [0, 0.1) is 0 Å². The summed E-state index contributed by atoms with van der Waals surface area (Å²) in [5.74, 6) is 0. The zero-order valence-corrected chi connectivity index (χ0v) is 18.2. The van der Waals surface area contributed by atoms with E-state index in [2.05, 4.69) is 110 Å². The number of fused-ring (bicyclic) bond motifs is 2. The second kappa shape index (κ2) is 6.25. The molecule has 0 spiro atoms. The van der Waals surface area contributed by atoms with Crippen LogP contribution in [0.5, 0.6) is 0 Å². The molecule has 0 unspecified atom stereocenters. The maximum absolute atomic E-state index is 2.56. The third kappa shape index (κ3) is 2.14. The van der Waals surface area contributed by atoms with Gasteiger partial charge in [-0.25, -0.2) is 0 Å². The fourth-order valence-electron chi connectivity index (χ4n) is 5.79. The van der Waals surface area contributed by atoms with Crippen LogP contribution < -0.4 is 20.2 Å². The Hall–Kier alpha value is -2.52.